The van der Waals surface area contributed by atoms with E-state index in [1.807, 2.05) is 0 Å². The van der Waals surface area contributed by atoms with Crippen molar-refractivity contribution in [2.75, 3.05) is 19.8 Å². The molecule has 0 aromatic rings. The second-order valence-electron chi connectivity index (χ2n) is 12.6. The Balaban J connectivity index is 3.58. The van der Waals surface area contributed by atoms with Gasteiger partial charge in [0.05, 0.1) is 13.2 Å². The van der Waals surface area contributed by atoms with Gasteiger partial charge in [0, 0.05) is 13.0 Å². The van der Waals surface area contributed by atoms with E-state index < -0.39 is 6.10 Å². The molecule has 1 N–H and O–H groups in total. The Bertz CT molecular complexity index is 876. The highest BCUT2D eigenvalue weighted by Gasteiger charge is 2.13. The number of carbonyl (C=O) groups is 1. The number of hydrogen-bond donors (Lipinski definition) is 1. The first kappa shape index (κ1) is 45.6. The van der Waals surface area contributed by atoms with Gasteiger partial charge in [0.15, 0.2) is 0 Å². The Morgan fingerprint density at radius 1 is 0.521 bits per heavy atom. The third-order valence-electron chi connectivity index (χ3n) is 7.95. The van der Waals surface area contributed by atoms with Gasteiger partial charge in [-0.15, -0.1) is 0 Å². The SMILES string of the molecule is CC/C=C\C/C=C\C/C=C\C/C=C\C/C=C\C/C=C\CCCCCCC(=O)OC(CO)COCCCCCCCC/C=C\CCCCC. The maximum Gasteiger partial charge on any atom is 0.306 e. The summed E-state index contributed by atoms with van der Waals surface area (Å²) in [4.78, 5) is 12.2. The summed E-state index contributed by atoms with van der Waals surface area (Å²) in [5.74, 6) is -0.231. The zero-order valence-electron chi connectivity index (χ0n) is 31.2. The summed E-state index contributed by atoms with van der Waals surface area (Å²) in [6, 6.07) is 0. The minimum atomic E-state index is -0.555. The molecule has 1 unspecified atom stereocenters. The molecule has 0 saturated heterocycles. The number of aliphatic hydroxyl groups is 1. The second kappa shape index (κ2) is 40.7. The van der Waals surface area contributed by atoms with Crippen LogP contribution in [0.25, 0.3) is 0 Å². The highest BCUT2D eigenvalue weighted by Crippen LogP contribution is 2.10. The fourth-order valence-electron chi connectivity index (χ4n) is 5.03. The summed E-state index contributed by atoms with van der Waals surface area (Å²) < 4.78 is 11.1. The molecule has 0 fully saturated rings. The number of esters is 1. The van der Waals surface area contributed by atoms with Crippen LogP contribution in [0.4, 0.5) is 0 Å². The maximum atomic E-state index is 12.2. The number of ether oxygens (including phenoxy) is 2. The van der Waals surface area contributed by atoms with E-state index in [0.717, 1.165) is 83.5 Å². The molecule has 0 radical (unpaired) electrons. The van der Waals surface area contributed by atoms with Gasteiger partial charge in [-0.25, -0.2) is 0 Å². The molecule has 0 aliphatic rings. The monoisotopic (exact) mass is 667 g/mol. The van der Waals surface area contributed by atoms with Crippen molar-refractivity contribution in [3.8, 4) is 0 Å². The van der Waals surface area contributed by atoms with E-state index in [-0.39, 0.29) is 19.2 Å². The van der Waals surface area contributed by atoms with E-state index in [1.54, 1.807) is 0 Å². The predicted molar refractivity (Wildman–Crippen MR) is 209 cm³/mol. The summed E-state index contributed by atoms with van der Waals surface area (Å²) in [5.41, 5.74) is 0. The third-order valence-corrected chi connectivity index (χ3v) is 7.95. The number of hydrogen-bond acceptors (Lipinski definition) is 4. The average molecular weight is 667 g/mol. The molecule has 4 nitrogen and oxygen atoms in total. The Morgan fingerprint density at radius 2 is 0.938 bits per heavy atom. The van der Waals surface area contributed by atoms with E-state index in [2.05, 4.69) is 98.9 Å². The molecule has 274 valence electrons. The Labute approximate surface area is 297 Å². The van der Waals surface area contributed by atoms with Crippen LogP contribution >= 0.6 is 0 Å². The Kier molecular flexibility index (Phi) is 38.7. The van der Waals surface area contributed by atoms with E-state index in [0.29, 0.717) is 13.0 Å². The van der Waals surface area contributed by atoms with Crippen molar-refractivity contribution in [1.29, 1.82) is 0 Å². The number of unbranched alkanes of at least 4 members (excludes halogenated alkanes) is 13. The van der Waals surface area contributed by atoms with Gasteiger partial charge in [0.1, 0.15) is 6.10 Å². The summed E-state index contributed by atoms with van der Waals surface area (Å²) in [6.07, 6.45) is 56.2. The highest BCUT2D eigenvalue weighted by atomic mass is 16.6. The smallest absolute Gasteiger partial charge is 0.306 e. The van der Waals surface area contributed by atoms with E-state index in [4.69, 9.17) is 9.47 Å². The van der Waals surface area contributed by atoms with Gasteiger partial charge < -0.3 is 14.6 Å². The lowest BCUT2D eigenvalue weighted by atomic mass is 10.1. The fraction of sp³-hybridized carbons (Fsp3) is 0.659. The van der Waals surface area contributed by atoms with Gasteiger partial charge in [-0.1, -0.05) is 150 Å². The first-order valence-electron chi connectivity index (χ1n) is 19.7. The summed E-state index contributed by atoms with van der Waals surface area (Å²) in [6.45, 7) is 5.15. The standard InChI is InChI=1S/C44H74O4/c1-3-5-7-9-11-13-15-17-18-19-20-21-22-23-24-25-26-27-29-31-33-35-37-39-44(46)48-43(41-45)42-47-40-38-36-34-32-30-28-16-14-12-10-8-6-4-2/h5,7,11-14,17-18,20-21,23-24,26-27,43,45H,3-4,6,8-10,15-16,19,22,25,28-42H2,1-2H3/b7-5-,13-11-,14-12-,18-17-,21-20-,24-23-,27-26-. The van der Waals surface area contributed by atoms with Gasteiger partial charge in [0.25, 0.3) is 0 Å². The maximum absolute atomic E-state index is 12.2. The molecule has 0 heterocycles. The lowest BCUT2D eigenvalue weighted by Gasteiger charge is -2.15. The molecule has 48 heavy (non-hydrogen) atoms. The zero-order valence-corrected chi connectivity index (χ0v) is 31.2. The van der Waals surface area contributed by atoms with Crippen LogP contribution in [-0.4, -0.2) is 37.0 Å². The van der Waals surface area contributed by atoms with Crippen molar-refractivity contribution in [3.63, 3.8) is 0 Å². The second-order valence-corrected chi connectivity index (χ2v) is 12.6. The highest BCUT2D eigenvalue weighted by molar-refractivity contribution is 5.69. The molecule has 0 spiro atoms. The van der Waals surface area contributed by atoms with Crippen LogP contribution in [0, 0.1) is 0 Å². The molecule has 0 aliphatic heterocycles. The minimum Gasteiger partial charge on any atom is -0.457 e. The van der Waals surface area contributed by atoms with Gasteiger partial charge in [-0.05, 0) is 89.9 Å². The van der Waals surface area contributed by atoms with Gasteiger partial charge in [-0.3, -0.25) is 4.79 Å². The average Bonchev–Trinajstić information content (AvgIpc) is 3.09. The molecular weight excluding hydrogens is 592 g/mol. The molecule has 0 aromatic heterocycles. The third kappa shape index (κ3) is 38.0. The van der Waals surface area contributed by atoms with Crippen molar-refractivity contribution < 1.29 is 19.4 Å². The normalized spacial score (nSPS) is 13.3. The van der Waals surface area contributed by atoms with Crippen LogP contribution in [0.2, 0.25) is 0 Å². The van der Waals surface area contributed by atoms with Gasteiger partial charge >= 0.3 is 5.97 Å². The molecular formula is C44H74O4. The Hall–Kier alpha value is -2.43. The molecule has 0 saturated carbocycles. The first-order chi connectivity index (χ1) is 23.7. The molecule has 0 rings (SSSR count). The molecule has 1 atom stereocenters. The lowest BCUT2D eigenvalue weighted by molar-refractivity contribution is -0.154. The van der Waals surface area contributed by atoms with Crippen molar-refractivity contribution in [1.82, 2.24) is 0 Å². The molecule has 0 amide bonds. The quantitative estimate of drug-likeness (QED) is 0.0415. The largest absolute Gasteiger partial charge is 0.457 e. The van der Waals surface area contributed by atoms with Crippen LogP contribution < -0.4 is 0 Å². The van der Waals surface area contributed by atoms with Crippen LogP contribution in [0.3, 0.4) is 0 Å². The number of rotatable bonds is 35. The van der Waals surface area contributed by atoms with Crippen molar-refractivity contribution in [2.24, 2.45) is 0 Å². The summed E-state index contributed by atoms with van der Waals surface area (Å²) in [5, 5.41) is 9.57. The van der Waals surface area contributed by atoms with Crippen LogP contribution in [0.15, 0.2) is 85.1 Å². The first-order valence-corrected chi connectivity index (χ1v) is 19.7. The molecule has 4 heteroatoms. The van der Waals surface area contributed by atoms with Crippen LogP contribution in [0.1, 0.15) is 162 Å². The van der Waals surface area contributed by atoms with Crippen molar-refractivity contribution >= 4 is 5.97 Å². The van der Waals surface area contributed by atoms with Gasteiger partial charge in [-0.2, -0.15) is 0 Å². The van der Waals surface area contributed by atoms with Gasteiger partial charge in [0.2, 0.25) is 0 Å². The topological polar surface area (TPSA) is 55.8 Å². The molecule has 0 bridgehead atoms. The molecule has 0 aromatic carbocycles. The minimum absolute atomic E-state index is 0.190. The van der Waals surface area contributed by atoms with Crippen LogP contribution in [0.5, 0.6) is 0 Å². The zero-order chi connectivity index (χ0) is 34.9. The number of carbonyl (C=O) groups excluding carboxylic acids is 1. The number of allylic oxidation sites excluding steroid dienone is 14. The summed E-state index contributed by atoms with van der Waals surface area (Å²) in [7, 11) is 0. The lowest BCUT2D eigenvalue weighted by Crippen LogP contribution is -2.27. The van der Waals surface area contributed by atoms with Crippen molar-refractivity contribution in [2.45, 2.75) is 168 Å². The predicted octanol–water partition coefficient (Wildman–Crippen LogP) is 12.8. The number of aliphatic hydroxyl groups excluding tert-OH is 1. The summed E-state index contributed by atoms with van der Waals surface area (Å²) >= 11 is 0. The van der Waals surface area contributed by atoms with E-state index in [1.165, 1.54) is 57.8 Å². The van der Waals surface area contributed by atoms with Crippen molar-refractivity contribution in [3.05, 3.63) is 85.1 Å². The van der Waals surface area contributed by atoms with Crippen LogP contribution in [-0.2, 0) is 14.3 Å². The Morgan fingerprint density at radius 3 is 1.44 bits per heavy atom. The van der Waals surface area contributed by atoms with E-state index >= 15 is 0 Å². The fourth-order valence-corrected chi connectivity index (χ4v) is 5.03. The van der Waals surface area contributed by atoms with E-state index in [9.17, 15) is 9.90 Å². The molecule has 0 aliphatic carbocycles.